The van der Waals surface area contributed by atoms with E-state index in [0.29, 0.717) is 23.7 Å². The molecule has 0 aromatic rings. The van der Waals surface area contributed by atoms with Crippen LogP contribution in [-0.2, 0) is 4.79 Å². The normalized spacial score (nSPS) is 24.3. The predicted octanol–water partition coefficient (Wildman–Crippen LogP) is 3.25. The third-order valence-corrected chi connectivity index (χ3v) is 4.27. The monoisotopic (exact) mass is 268 g/mol. The number of hydrogen-bond acceptors (Lipinski definition) is 2. The van der Waals surface area contributed by atoms with Crippen LogP contribution in [0.15, 0.2) is 0 Å². The van der Waals surface area contributed by atoms with Crippen LogP contribution in [0.2, 0.25) is 0 Å². The lowest BCUT2D eigenvalue weighted by Crippen LogP contribution is -2.41. The summed E-state index contributed by atoms with van der Waals surface area (Å²) in [7, 11) is 0. The van der Waals surface area contributed by atoms with Crippen molar-refractivity contribution in [2.75, 3.05) is 6.54 Å². The van der Waals surface area contributed by atoms with E-state index < -0.39 is 0 Å². The number of carbonyl (C=O) groups is 1. The molecular formula is C16H32N2O. The maximum Gasteiger partial charge on any atom is 0.241 e. The molecule has 0 bridgehead atoms. The van der Waals surface area contributed by atoms with Gasteiger partial charge in [-0.05, 0) is 24.2 Å². The SMILES string of the molecule is CCC(CC)CN1C(=O)C(C(C)C)NC1CC(C)C. The van der Waals surface area contributed by atoms with Gasteiger partial charge in [-0.25, -0.2) is 0 Å². The van der Waals surface area contributed by atoms with Crippen LogP contribution < -0.4 is 5.32 Å². The van der Waals surface area contributed by atoms with E-state index in [1.807, 2.05) is 0 Å². The maximum absolute atomic E-state index is 12.6. The van der Waals surface area contributed by atoms with Crippen LogP contribution in [0.3, 0.4) is 0 Å². The van der Waals surface area contributed by atoms with E-state index in [0.717, 1.165) is 25.8 Å². The van der Waals surface area contributed by atoms with Crippen molar-refractivity contribution in [1.29, 1.82) is 0 Å². The Morgan fingerprint density at radius 3 is 2.16 bits per heavy atom. The third-order valence-electron chi connectivity index (χ3n) is 4.27. The molecule has 19 heavy (non-hydrogen) atoms. The summed E-state index contributed by atoms with van der Waals surface area (Å²) in [4.78, 5) is 14.7. The van der Waals surface area contributed by atoms with Gasteiger partial charge in [-0.2, -0.15) is 0 Å². The molecule has 1 heterocycles. The van der Waals surface area contributed by atoms with Gasteiger partial charge in [-0.3, -0.25) is 10.1 Å². The van der Waals surface area contributed by atoms with Crippen LogP contribution in [0.4, 0.5) is 0 Å². The van der Waals surface area contributed by atoms with Crippen molar-refractivity contribution >= 4 is 5.91 Å². The lowest BCUT2D eigenvalue weighted by atomic mass is 10.0. The van der Waals surface area contributed by atoms with Crippen molar-refractivity contribution in [1.82, 2.24) is 10.2 Å². The molecule has 2 atom stereocenters. The van der Waals surface area contributed by atoms with Gasteiger partial charge >= 0.3 is 0 Å². The number of hydrogen-bond donors (Lipinski definition) is 1. The second kappa shape index (κ2) is 7.28. The molecule has 0 radical (unpaired) electrons. The lowest BCUT2D eigenvalue weighted by Gasteiger charge is -2.29. The summed E-state index contributed by atoms with van der Waals surface area (Å²) in [6, 6.07) is 0.0121. The summed E-state index contributed by atoms with van der Waals surface area (Å²) >= 11 is 0. The van der Waals surface area contributed by atoms with Gasteiger partial charge in [0, 0.05) is 6.54 Å². The molecule has 0 saturated carbocycles. The van der Waals surface area contributed by atoms with Gasteiger partial charge in [-0.15, -0.1) is 0 Å². The molecule has 3 heteroatoms. The average Bonchev–Trinajstić information content (AvgIpc) is 2.63. The van der Waals surface area contributed by atoms with E-state index in [2.05, 4.69) is 51.8 Å². The Morgan fingerprint density at radius 2 is 1.74 bits per heavy atom. The highest BCUT2D eigenvalue weighted by Crippen LogP contribution is 2.24. The Labute approximate surface area is 119 Å². The highest BCUT2D eigenvalue weighted by atomic mass is 16.2. The first-order valence-electron chi connectivity index (χ1n) is 7.97. The Morgan fingerprint density at radius 1 is 1.16 bits per heavy atom. The van der Waals surface area contributed by atoms with Crippen LogP contribution in [-0.4, -0.2) is 29.6 Å². The van der Waals surface area contributed by atoms with Gasteiger partial charge in [0.05, 0.1) is 12.2 Å². The van der Waals surface area contributed by atoms with Gasteiger partial charge in [0.25, 0.3) is 0 Å². The number of rotatable bonds is 7. The first kappa shape index (κ1) is 16.5. The molecule has 1 amide bonds. The fourth-order valence-corrected chi connectivity index (χ4v) is 2.86. The second-order valence-corrected chi connectivity index (χ2v) is 6.71. The Balaban J connectivity index is 2.78. The lowest BCUT2D eigenvalue weighted by molar-refractivity contribution is -0.131. The molecule has 1 fully saturated rings. The van der Waals surface area contributed by atoms with Gasteiger partial charge in [-0.1, -0.05) is 54.4 Å². The minimum Gasteiger partial charge on any atom is -0.326 e. The van der Waals surface area contributed by atoms with Gasteiger partial charge < -0.3 is 4.90 Å². The molecule has 112 valence electrons. The van der Waals surface area contributed by atoms with Crippen LogP contribution in [0, 0.1) is 17.8 Å². The zero-order valence-corrected chi connectivity index (χ0v) is 13.6. The molecule has 3 nitrogen and oxygen atoms in total. The number of nitrogens with one attached hydrogen (secondary N) is 1. The van der Waals surface area contributed by atoms with Crippen molar-refractivity contribution in [3.05, 3.63) is 0 Å². The molecule has 1 aliphatic rings. The summed E-state index contributed by atoms with van der Waals surface area (Å²) in [6.07, 6.45) is 3.59. The summed E-state index contributed by atoms with van der Waals surface area (Å²) in [5.41, 5.74) is 0. The molecular weight excluding hydrogens is 236 g/mol. The van der Waals surface area contributed by atoms with Crippen LogP contribution in [0.1, 0.15) is 60.8 Å². The Bertz CT molecular complexity index is 284. The molecule has 0 spiro atoms. The first-order valence-corrected chi connectivity index (χ1v) is 7.97. The van der Waals surface area contributed by atoms with Crippen molar-refractivity contribution in [3.63, 3.8) is 0 Å². The van der Waals surface area contributed by atoms with Gasteiger partial charge in [0.1, 0.15) is 0 Å². The maximum atomic E-state index is 12.6. The molecule has 0 aromatic carbocycles. The highest BCUT2D eigenvalue weighted by Gasteiger charge is 2.40. The Kier molecular flexibility index (Phi) is 6.31. The number of carbonyl (C=O) groups excluding carboxylic acids is 1. The Hall–Kier alpha value is -0.570. The van der Waals surface area contributed by atoms with E-state index in [1.165, 1.54) is 0 Å². The fraction of sp³-hybridized carbons (Fsp3) is 0.938. The van der Waals surface area contributed by atoms with E-state index in [-0.39, 0.29) is 12.2 Å². The van der Waals surface area contributed by atoms with E-state index in [1.54, 1.807) is 0 Å². The summed E-state index contributed by atoms with van der Waals surface area (Å²) in [5.74, 6) is 1.92. The van der Waals surface area contributed by atoms with E-state index >= 15 is 0 Å². The van der Waals surface area contributed by atoms with E-state index in [9.17, 15) is 4.79 Å². The molecule has 1 rings (SSSR count). The zero-order chi connectivity index (χ0) is 14.6. The standard InChI is InChI=1S/C16H32N2O/c1-7-13(8-2)10-18-14(9-11(3)4)17-15(12(5)6)16(18)19/h11-15,17H,7-10H2,1-6H3. The smallest absolute Gasteiger partial charge is 0.241 e. The van der Waals surface area contributed by atoms with Crippen LogP contribution >= 0.6 is 0 Å². The fourth-order valence-electron chi connectivity index (χ4n) is 2.86. The molecule has 2 unspecified atom stereocenters. The predicted molar refractivity (Wildman–Crippen MR) is 80.8 cm³/mol. The van der Waals surface area contributed by atoms with Crippen molar-refractivity contribution in [2.24, 2.45) is 17.8 Å². The number of nitrogens with zero attached hydrogens (tertiary/aromatic N) is 1. The summed E-state index contributed by atoms with van der Waals surface area (Å²) < 4.78 is 0. The molecule has 0 aromatic heterocycles. The molecule has 1 N–H and O–H groups in total. The average molecular weight is 268 g/mol. The quantitative estimate of drug-likeness (QED) is 0.768. The van der Waals surface area contributed by atoms with E-state index in [4.69, 9.17) is 0 Å². The summed E-state index contributed by atoms with van der Waals surface area (Å²) in [5, 5.41) is 3.55. The third kappa shape index (κ3) is 4.20. The van der Waals surface area contributed by atoms with Gasteiger partial charge in [0.2, 0.25) is 5.91 Å². The molecule has 1 aliphatic heterocycles. The molecule has 1 saturated heterocycles. The van der Waals surface area contributed by atoms with Crippen molar-refractivity contribution < 1.29 is 4.79 Å². The first-order chi connectivity index (χ1) is 8.90. The van der Waals surface area contributed by atoms with Crippen LogP contribution in [0.5, 0.6) is 0 Å². The number of amides is 1. The van der Waals surface area contributed by atoms with Crippen molar-refractivity contribution in [2.45, 2.75) is 73.0 Å². The minimum absolute atomic E-state index is 0.0121. The summed E-state index contributed by atoms with van der Waals surface area (Å²) in [6.45, 7) is 14.1. The highest BCUT2D eigenvalue weighted by molar-refractivity contribution is 5.84. The van der Waals surface area contributed by atoms with Gasteiger partial charge in [0.15, 0.2) is 0 Å². The molecule has 0 aliphatic carbocycles. The largest absolute Gasteiger partial charge is 0.326 e. The topological polar surface area (TPSA) is 32.3 Å². The second-order valence-electron chi connectivity index (χ2n) is 6.71. The minimum atomic E-state index is 0.0121. The zero-order valence-electron chi connectivity index (χ0n) is 13.6. The van der Waals surface area contributed by atoms with Crippen molar-refractivity contribution in [3.8, 4) is 0 Å². The van der Waals surface area contributed by atoms with Crippen LogP contribution in [0.25, 0.3) is 0 Å².